The van der Waals surface area contributed by atoms with Crippen molar-refractivity contribution in [2.75, 3.05) is 33.3 Å². The first-order valence-corrected chi connectivity index (χ1v) is 7.18. The minimum Gasteiger partial charge on any atom is -0.379 e. The van der Waals surface area contributed by atoms with Gasteiger partial charge in [-0.05, 0) is 31.1 Å². The summed E-state index contributed by atoms with van der Waals surface area (Å²) in [6.07, 6.45) is 3.54. The van der Waals surface area contributed by atoms with E-state index >= 15 is 0 Å². The summed E-state index contributed by atoms with van der Waals surface area (Å²) in [4.78, 5) is 16.4. The molecule has 4 nitrogen and oxygen atoms in total. The number of carbonyl (C=O) groups is 1. The largest absolute Gasteiger partial charge is 0.379 e. The van der Waals surface area contributed by atoms with Crippen LogP contribution in [0.5, 0.6) is 0 Å². The second-order valence-electron chi connectivity index (χ2n) is 5.94. The van der Waals surface area contributed by atoms with Crippen LogP contribution in [-0.2, 0) is 4.74 Å². The quantitative estimate of drug-likeness (QED) is 0.718. The van der Waals surface area contributed by atoms with Gasteiger partial charge in [0.25, 0.3) is 0 Å². The van der Waals surface area contributed by atoms with Crippen LogP contribution in [0.2, 0.25) is 0 Å². The van der Waals surface area contributed by atoms with Crippen molar-refractivity contribution in [3.8, 4) is 0 Å². The van der Waals surface area contributed by atoms with Gasteiger partial charge in [-0.3, -0.25) is 0 Å². The summed E-state index contributed by atoms with van der Waals surface area (Å²) in [7, 11) is 1.75. The third-order valence-corrected chi connectivity index (χ3v) is 4.52. The molecule has 0 spiro atoms. The van der Waals surface area contributed by atoms with Gasteiger partial charge < -0.3 is 14.5 Å². The monoisotopic (exact) mass is 254 g/mol. The highest BCUT2D eigenvalue weighted by atomic mass is 16.5. The van der Waals surface area contributed by atoms with Crippen LogP contribution in [0.15, 0.2) is 0 Å². The molecule has 0 aromatic heterocycles. The summed E-state index contributed by atoms with van der Waals surface area (Å²) in [5.74, 6) is 1.32. The van der Waals surface area contributed by atoms with E-state index in [0.29, 0.717) is 5.92 Å². The number of carbonyl (C=O) groups excluding carboxylic acids is 1. The van der Waals surface area contributed by atoms with Crippen molar-refractivity contribution in [3.63, 3.8) is 0 Å². The molecule has 2 heterocycles. The molecule has 0 bridgehead atoms. The average Bonchev–Trinajstić information content (AvgIpc) is 2.39. The molecule has 0 aromatic rings. The summed E-state index contributed by atoms with van der Waals surface area (Å²) < 4.78 is 5.48. The Morgan fingerprint density at radius 3 is 2.28 bits per heavy atom. The van der Waals surface area contributed by atoms with Crippen molar-refractivity contribution in [2.45, 2.75) is 39.2 Å². The summed E-state index contributed by atoms with van der Waals surface area (Å²) in [5.41, 5.74) is 0. The highest BCUT2D eigenvalue weighted by Gasteiger charge is 2.31. The normalized spacial score (nSPS) is 30.6. The zero-order valence-electron chi connectivity index (χ0n) is 11.9. The van der Waals surface area contributed by atoms with E-state index in [1.807, 2.05) is 9.80 Å². The van der Waals surface area contributed by atoms with E-state index in [-0.39, 0.29) is 12.1 Å². The van der Waals surface area contributed by atoms with E-state index in [1.54, 1.807) is 7.11 Å². The number of nitrogens with zero attached hydrogens (tertiary/aromatic N) is 2. The first-order chi connectivity index (χ1) is 8.61. The number of hydrogen-bond acceptors (Lipinski definition) is 2. The molecule has 2 amide bonds. The van der Waals surface area contributed by atoms with Gasteiger partial charge >= 0.3 is 6.03 Å². The minimum atomic E-state index is 0.200. The van der Waals surface area contributed by atoms with Crippen molar-refractivity contribution in [1.82, 2.24) is 9.80 Å². The Labute approximate surface area is 110 Å². The van der Waals surface area contributed by atoms with Gasteiger partial charge in [0.2, 0.25) is 0 Å². The topological polar surface area (TPSA) is 32.8 Å². The molecule has 18 heavy (non-hydrogen) atoms. The Morgan fingerprint density at radius 2 is 1.67 bits per heavy atom. The molecule has 2 rings (SSSR count). The molecular formula is C14H26N2O2. The number of piperidine rings is 2. The van der Waals surface area contributed by atoms with Gasteiger partial charge in [-0.15, -0.1) is 0 Å². The van der Waals surface area contributed by atoms with Crippen molar-refractivity contribution in [3.05, 3.63) is 0 Å². The Morgan fingerprint density at radius 1 is 1.06 bits per heavy atom. The summed E-state index contributed by atoms with van der Waals surface area (Å²) in [6.45, 7) is 7.95. The number of likely N-dealkylation sites (tertiary alicyclic amines) is 2. The number of ether oxygens (including phenoxy) is 1. The van der Waals surface area contributed by atoms with Gasteiger partial charge in [0.1, 0.15) is 0 Å². The summed E-state index contributed by atoms with van der Waals surface area (Å²) in [5, 5.41) is 0. The lowest BCUT2D eigenvalue weighted by atomic mass is 9.95. The lowest BCUT2D eigenvalue weighted by Crippen LogP contribution is -2.52. The molecule has 0 saturated carbocycles. The van der Waals surface area contributed by atoms with E-state index in [2.05, 4.69) is 13.8 Å². The van der Waals surface area contributed by atoms with Gasteiger partial charge in [-0.25, -0.2) is 4.79 Å². The predicted octanol–water partition coefficient (Wildman–Crippen LogP) is 2.20. The van der Waals surface area contributed by atoms with Crippen LogP contribution in [0.1, 0.15) is 33.1 Å². The van der Waals surface area contributed by atoms with Crippen molar-refractivity contribution >= 4 is 6.03 Å². The van der Waals surface area contributed by atoms with Crippen LogP contribution in [0, 0.1) is 11.8 Å². The first kappa shape index (κ1) is 13.7. The zero-order valence-corrected chi connectivity index (χ0v) is 11.9. The van der Waals surface area contributed by atoms with Crippen LogP contribution < -0.4 is 0 Å². The third-order valence-electron chi connectivity index (χ3n) is 4.52. The lowest BCUT2D eigenvalue weighted by molar-refractivity contribution is 0.000916. The molecule has 4 heteroatoms. The van der Waals surface area contributed by atoms with Gasteiger partial charge in [0.05, 0.1) is 6.10 Å². The molecule has 2 saturated heterocycles. The molecule has 2 fully saturated rings. The number of amides is 2. The predicted molar refractivity (Wildman–Crippen MR) is 71.5 cm³/mol. The molecule has 104 valence electrons. The van der Waals surface area contributed by atoms with Crippen molar-refractivity contribution in [1.29, 1.82) is 0 Å². The van der Waals surface area contributed by atoms with Gasteiger partial charge in [0, 0.05) is 33.3 Å². The maximum atomic E-state index is 12.4. The molecule has 0 aromatic carbocycles. The van der Waals surface area contributed by atoms with E-state index < -0.39 is 0 Å². The minimum absolute atomic E-state index is 0.200. The lowest BCUT2D eigenvalue weighted by Gasteiger charge is -2.40. The standard InChI is InChI=1S/C14H26N2O2/c1-11-4-7-15(8-5-11)14(17)16-9-6-12(2)13(10-16)18-3/h11-13H,4-10H2,1-3H3. The highest BCUT2D eigenvalue weighted by molar-refractivity contribution is 5.74. The second-order valence-corrected chi connectivity index (χ2v) is 5.94. The Hall–Kier alpha value is -0.770. The maximum absolute atomic E-state index is 12.4. The summed E-state index contributed by atoms with van der Waals surface area (Å²) in [6, 6.07) is 0.218. The molecule has 2 unspecified atom stereocenters. The number of rotatable bonds is 1. The molecule has 2 atom stereocenters. The van der Waals surface area contributed by atoms with Crippen LogP contribution >= 0.6 is 0 Å². The number of urea groups is 1. The van der Waals surface area contributed by atoms with E-state index in [1.165, 1.54) is 0 Å². The SMILES string of the molecule is COC1CN(C(=O)N2CCC(C)CC2)CCC1C. The fourth-order valence-corrected chi connectivity index (χ4v) is 2.91. The highest BCUT2D eigenvalue weighted by Crippen LogP contribution is 2.22. The average molecular weight is 254 g/mol. The fourth-order valence-electron chi connectivity index (χ4n) is 2.91. The van der Waals surface area contributed by atoms with Gasteiger partial charge in [-0.1, -0.05) is 13.8 Å². The van der Waals surface area contributed by atoms with Crippen molar-refractivity contribution < 1.29 is 9.53 Å². The molecule has 0 N–H and O–H groups in total. The van der Waals surface area contributed by atoms with Crippen LogP contribution in [0.25, 0.3) is 0 Å². The zero-order chi connectivity index (χ0) is 13.1. The molecular weight excluding hydrogens is 228 g/mol. The van der Waals surface area contributed by atoms with Crippen LogP contribution in [-0.4, -0.2) is 55.2 Å². The maximum Gasteiger partial charge on any atom is 0.320 e. The Kier molecular flexibility index (Phi) is 4.49. The van der Waals surface area contributed by atoms with Gasteiger partial charge in [0.15, 0.2) is 0 Å². The van der Waals surface area contributed by atoms with Crippen molar-refractivity contribution in [2.24, 2.45) is 11.8 Å². The molecule has 2 aliphatic rings. The fraction of sp³-hybridized carbons (Fsp3) is 0.929. The third kappa shape index (κ3) is 2.97. The van der Waals surface area contributed by atoms with E-state index in [9.17, 15) is 4.79 Å². The van der Waals surface area contributed by atoms with Gasteiger partial charge in [-0.2, -0.15) is 0 Å². The van der Waals surface area contributed by atoms with Crippen LogP contribution in [0.3, 0.4) is 0 Å². The molecule has 2 aliphatic heterocycles. The Bertz CT molecular complexity index is 288. The second kappa shape index (κ2) is 5.91. The van der Waals surface area contributed by atoms with E-state index in [4.69, 9.17) is 4.74 Å². The summed E-state index contributed by atoms with van der Waals surface area (Å²) >= 11 is 0. The number of methoxy groups -OCH3 is 1. The first-order valence-electron chi connectivity index (χ1n) is 7.18. The molecule has 0 aliphatic carbocycles. The molecule has 0 radical (unpaired) electrons. The Balaban J connectivity index is 1.89. The van der Waals surface area contributed by atoms with E-state index in [0.717, 1.165) is 51.4 Å². The van der Waals surface area contributed by atoms with Crippen LogP contribution in [0.4, 0.5) is 4.79 Å². The smallest absolute Gasteiger partial charge is 0.320 e. The number of hydrogen-bond donors (Lipinski definition) is 0.